The van der Waals surface area contributed by atoms with Crippen molar-refractivity contribution in [1.82, 2.24) is 14.9 Å². The van der Waals surface area contributed by atoms with E-state index in [0.717, 1.165) is 23.0 Å². The molecule has 0 aliphatic carbocycles. The molecule has 6 nitrogen and oxygen atoms in total. The number of ether oxygens (including phenoxy) is 1. The van der Waals surface area contributed by atoms with Gasteiger partial charge in [0, 0.05) is 48.4 Å². The fourth-order valence-corrected chi connectivity index (χ4v) is 3.26. The van der Waals surface area contributed by atoms with Crippen molar-refractivity contribution in [3.63, 3.8) is 0 Å². The zero-order chi connectivity index (χ0) is 17.4. The molecule has 3 N–H and O–H groups in total. The number of carbonyl (C=O) groups is 1. The van der Waals surface area contributed by atoms with Gasteiger partial charge in [-0.05, 0) is 19.9 Å². The molecule has 1 fully saturated rings. The largest absolute Gasteiger partial charge is 0.496 e. The predicted molar refractivity (Wildman–Crippen MR) is 96.7 cm³/mol. The molecule has 1 aliphatic heterocycles. The minimum Gasteiger partial charge on any atom is -0.496 e. The molecule has 128 valence electrons. The molecule has 2 heterocycles. The third-order valence-corrected chi connectivity index (χ3v) is 4.66. The van der Waals surface area contributed by atoms with Crippen molar-refractivity contribution in [3.8, 4) is 5.75 Å². The van der Waals surface area contributed by atoms with Crippen LogP contribution in [0, 0.1) is 0 Å². The van der Waals surface area contributed by atoms with Gasteiger partial charge in [0.15, 0.2) is 0 Å². The summed E-state index contributed by atoms with van der Waals surface area (Å²) in [6.07, 6.45) is 3.53. The Kier molecular flexibility index (Phi) is 4.24. The summed E-state index contributed by atoms with van der Waals surface area (Å²) >= 11 is 0. The first-order valence-electron chi connectivity index (χ1n) is 8.11. The highest BCUT2D eigenvalue weighted by Crippen LogP contribution is 2.30. The minimum atomic E-state index is -0.0191. The van der Waals surface area contributed by atoms with Crippen LogP contribution in [0.1, 0.15) is 29.8 Å². The van der Waals surface area contributed by atoms with Crippen LogP contribution in [0.2, 0.25) is 0 Å². The van der Waals surface area contributed by atoms with E-state index in [-0.39, 0.29) is 18.0 Å². The second-order valence-corrected chi connectivity index (χ2v) is 6.38. The van der Waals surface area contributed by atoms with Crippen LogP contribution in [0.25, 0.3) is 17.0 Å². The van der Waals surface area contributed by atoms with Gasteiger partial charge in [-0.1, -0.05) is 12.7 Å². The molecule has 0 spiro atoms. The van der Waals surface area contributed by atoms with Gasteiger partial charge in [-0.25, -0.2) is 0 Å². The second kappa shape index (κ2) is 6.20. The van der Waals surface area contributed by atoms with E-state index < -0.39 is 0 Å². The third-order valence-electron chi connectivity index (χ3n) is 4.66. The molecule has 0 radical (unpaired) electrons. The number of carbonyl (C=O) groups excluding carboxylic acids is 1. The lowest BCUT2D eigenvalue weighted by atomic mass is 10.0. The smallest absolute Gasteiger partial charge is 0.257 e. The molecular weight excluding hydrogens is 304 g/mol. The summed E-state index contributed by atoms with van der Waals surface area (Å²) in [6.45, 7) is 9.41. The molecule has 1 amide bonds. The Morgan fingerprint density at radius 2 is 2.21 bits per heavy atom. The molecule has 1 aromatic heterocycles. The molecule has 24 heavy (non-hydrogen) atoms. The number of hydrogen-bond donors (Lipinski definition) is 2. The first-order valence-corrected chi connectivity index (χ1v) is 8.11. The highest BCUT2D eigenvalue weighted by Gasteiger charge is 2.29. The number of fused-ring (bicyclic) bond motifs is 1. The van der Waals surface area contributed by atoms with Gasteiger partial charge >= 0.3 is 0 Å². The van der Waals surface area contributed by atoms with Crippen molar-refractivity contribution in [1.29, 1.82) is 0 Å². The molecule has 1 saturated heterocycles. The van der Waals surface area contributed by atoms with E-state index in [1.807, 2.05) is 24.0 Å². The van der Waals surface area contributed by atoms with Crippen molar-refractivity contribution in [2.24, 2.45) is 0 Å². The minimum absolute atomic E-state index is 0.0191. The van der Waals surface area contributed by atoms with Gasteiger partial charge in [0.05, 0.1) is 18.2 Å². The number of methoxy groups -OCH3 is 1. The van der Waals surface area contributed by atoms with Gasteiger partial charge < -0.3 is 20.8 Å². The number of nitrogen functional groups attached to an aromatic ring is 1. The molecule has 2 aromatic rings. The van der Waals surface area contributed by atoms with Crippen molar-refractivity contribution >= 4 is 22.9 Å². The molecular formula is C18H24N4O2. The topological polar surface area (TPSA) is 72.5 Å². The van der Waals surface area contributed by atoms with Gasteiger partial charge in [-0.3, -0.25) is 9.47 Å². The van der Waals surface area contributed by atoms with Gasteiger partial charge in [0.2, 0.25) is 0 Å². The lowest BCUT2D eigenvalue weighted by molar-refractivity contribution is 0.0613. The number of nitrogens with zero attached hydrogens (tertiary/aromatic N) is 2. The quantitative estimate of drug-likeness (QED) is 0.843. The summed E-state index contributed by atoms with van der Waals surface area (Å²) in [5, 5.41) is 4.29. The molecule has 6 heteroatoms. The van der Waals surface area contributed by atoms with Crippen LogP contribution in [-0.2, 0) is 0 Å². The van der Waals surface area contributed by atoms with Crippen molar-refractivity contribution < 1.29 is 9.53 Å². The zero-order valence-corrected chi connectivity index (χ0v) is 14.4. The molecule has 1 aromatic carbocycles. The molecule has 1 aliphatic rings. The van der Waals surface area contributed by atoms with Crippen LogP contribution in [0.3, 0.4) is 0 Å². The number of benzene rings is 1. The second-order valence-electron chi connectivity index (χ2n) is 6.38. The number of amides is 1. The lowest BCUT2D eigenvalue weighted by Gasteiger charge is -2.37. The number of piperazine rings is 1. The fraction of sp³-hybridized carbons (Fsp3) is 0.389. The molecule has 0 bridgehead atoms. The van der Waals surface area contributed by atoms with E-state index >= 15 is 0 Å². The normalized spacial score (nSPS) is 21.0. The maximum absolute atomic E-state index is 13.1. The first kappa shape index (κ1) is 16.4. The van der Waals surface area contributed by atoms with Crippen LogP contribution in [0.4, 0.5) is 0 Å². The van der Waals surface area contributed by atoms with Crippen molar-refractivity contribution in [2.45, 2.75) is 25.9 Å². The summed E-state index contributed by atoms with van der Waals surface area (Å²) < 4.78 is 6.99. The zero-order valence-electron chi connectivity index (χ0n) is 14.4. The summed E-state index contributed by atoms with van der Waals surface area (Å²) in [4.78, 5) is 15.0. The Labute approximate surface area is 141 Å². The monoisotopic (exact) mass is 328 g/mol. The first-order chi connectivity index (χ1) is 11.5. The summed E-state index contributed by atoms with van der Waals surface area (Å²) in [7, 11) is 1.57. The van der Waals surface area contributed by atoms with Gasteiger partial charge in [0.25, 0.3) is 5.91 Å². The highest BCUT2D eigenvalue weighted by atomic mass is 16.5. The number of nitrogens with one attached hydrogen (secondary N) is 1. The van der Waals surface area contributed by atoms with Crippen LogP contribution in [-0.4, -0.2) is 47.8 Å². The van der Waals surface area contributed by atoms with E-state index in [9.17, 15) is 4.79 Å². The Balaban J connectivity index is 2.10. The Morgan fingerprint density at radius 1 is 1.46 bits per heavy atom. The lowest BCUT2D eigenvalue weighted by Crippen LogP contribution is -2.56. The number of aromatic nitrogens is 1. The van der Waals surface area contributed by atoms with E-state index in [0.29, 0.717) is 17.9 Å². The number of rotatable bonds is 3. The van der Waals surface area contributed by atoms with E-state index in [2.05, 4.69) is 18.8 Å². The maximum atomic E-state index is 13.1. The average Bonchev–Trinajstić information content (AvgIpc) is 2.90. The molecule has 3 rings (SSSR count). The number of hydrogen-bond acceptors (Lipinski definition) is 4. The Bertz CT molecular complexity index is 796. The van der Waals surface area contributed by atoms with Gasteiger partial charge in [0.1, 0.15) is 5.75 Å². The standard InChI is InChI=1S/C18H24N4O2/c1-5-13-10-22(19)16-7-17(24-4)15(6-14(13)16)18(23)21-9-11(2)20-8-12(21)3/h5-7,10-12,20H,1,8-9,19H2,2-4H3/t11-,12?/m0/s1. The Hall–Kier alpha value is -2.47. The molecule has 0 saturated carbocycles. The molecule has 1 unspecified atom stereocenters. The maximum Gasteiger partial charge on any atom is 0.257 e. The highest BCUT2D eigenvalue weighted by molar-refractivity contribution is 6.03. The summed E-state index contributed by atoms with van der Waals surface area (Å²) in [5.41, 5.74) is 2.26. The number of nitrogens with two attached hydrogens (primary N) is 1. The predicted octanol–water partition coefficient (Wildman–Crippen LogP) is 1.83. The van der Waals surface area contributed by atoms with Crippen LogP contribution in [0.5, 0.6) is 5.75 Å². The van der Waals surface area contributed by atoms with Gasteiger partial charge in [-0.15, -0.1) is 0 Å². The van der Waals surface area contributed by atoms with Crippen molar-refractivity contribution in [3.05, 3.63) is 36.0 Å². The van der Waals surface area contributed by atoms with E-state index in [4.69, 9.17) is 10.6 Å². The SMILES string of the molecule is C=Cc1cn(N)c2cc(OC)c(C(=O)N3C[C@H](C)NCC3C)cc12. The molecule has 2 atom stereocenters. The average molecular weight is 328 g/mol. The van der Waals surface area contributed by atoms with Crippen molar-refractivity contribution in [2.75, 3.05) is 26.0 Å². The van der Waals surface area contributed by atoms with E-state index in [1.165, 1.54) is 4.68 Å². The fourth-order valence-electron chi connectivity index (χ4n) is 3.26. The van der Waals surface area contributed by atoms with Crippen LogP contribution >= 0.6 is 0 Å². The van der Waals surface area contributed by atoms with Crippen LogP contribution < -0.4 is 15.9 Å². The van der Waals surface area contributed by atoms with Crippen LogP contribution in [0.15, 0.2) is 24.9 Å². The third kappa shape index (κ3) is 2.63. The summed E-state index contributed by atoms with van der Waals surface area (Å²) in [5.74, 6) is 6.51. The van der Waals surface area contributed by atoms with Gasteiger partial charge in [-0.2, -0.15) is 0 Å². The Morgan fingerprint density at radius 3 is 2.88 bits per heavy atom. The summed E-state index contributed by atoms with van der Waals surface area (Å²) in [6, 6.07) is 4.07. The van der Waals surface area contributed by atoms with E-state index in [1.54, 1.807) is 19.4 Å².